The van der Waals surface area contributed by atoms with Gasteiger partial charge in [0.1, 0.15) is 5.15 Å². The van der Waals surface area contributed by atoms with E-state index in [1.807, 2.05) is 12.3 Å². The van der Waals surface area contributed by atoms with E-state index in [9.17, 15) is 8.42 Å². The minimum absolute atomic E-state index is 0.00863. The molecule has 0 unspecified atom stereocenters. The minimum atomic E-state index is -3.13. The van der Waals surface area contributed by atoms with E-state index in [0.717, 1.165) is 29.3 Å². The van der Waals surface area contributed by atoms with Gasteiger partial charge in [0.15, 0.2) is 0 Å². The van der Waals surface area contributed by atoms with Gasteiger partial charge in [-0.25, -0.2) is 18.1 Å². The van der Waals surface area contributed by atoms with Crippen molar-refractivity contribution in [1.29, 1.82) is 0 Å². The SMILES string of the molecule is CC(C)c1ccc(N2CC(NS(=O)(=O)C3CC3)C2)c2cnc(Cl)cc12. The van der Waals surface area contributed by atoms with Crippen LogP contribution in [0.4, 0.5) is 5.69 Å². The third kappa shape index (κ3) is 3.23. The van der Waals surface area contributed by atoms with Gasteiger partial charge in [-0.2, -0.15) is 0 Å². The lowest BCUT2D eigenvalue weighted by Gasteiger charge is -2.41. The fraction of sp³-hybridized carbons (Fsp3) is 0.500. The summed E-state index contributed by atoms with van der Waals surface area (Å²) < 4.78 is 26.9. The minimum Gasteiger partial charge on any atom is -0.368 e. The summed E-state index contributed by atoms with van der Waals surface area (Å²) in [5.74, 6) is 0.393. The number of sulfonamides is 1. The van der Waals surface area contributed by atoms with Gasteiger partial charge in [0.25, 0.3) is 0 Å². The highest BCUT2D eigenvalue weighted by atomic mass is 35.5. The van der Waals surface area contributed by atoms with Crippen LogP contribution in [0.1, 0.15) is 38.2 Å². The fourth-order valence-electron chi connectivity index (χ4n) is 3.46. The third-order valence-electron chi connectivity index (χ3n) is 5.02. The molecule has 2 aromatic rings. The van der Waals surface area contributed by atoms with Crippen LogP contribution >= 0.6 is 11.6 Å². The van der Waals surface area contributed by atoms with E-state index in [2.05, 4.69) is 40.6 Å². The molecule has 2 heterocycles. The number of anilines is 1. The lowest BCUT2D eigenvalue weighted by molar-refractivity contribution is 0.469. The molecule has 2 fully saturated rings. The highest BCUT2D eigenvalue weighted by Gasteiger charge is 2.39. The van der Waals surface area contributed by atoms with Crippen molar-refractivity contribution in [3.05, 3.63) is 35.1 Å². The average Bonchev–Trinajstić information content (AvgIpc) is 3.34. The van der Waals surface area contributed by atoms with Crippen LogP contribution in [0.2, 0.25) is 5.15 Å². The van der Waals surface area contributed by atoms with Gasteiger partial charge in [0.2, 0.25) is 10.0 Å². The molecule has 1 N–H and O–H groups in total. The Morgan fingerprint density at radius 1 is 1.24 bits per heavy atom. The number of nitrogens with zero attached hydrogens (tertiary/aromatic N) is 2. The first kappa shape index (κ1) is 17.1. The topological polar surface area (TPSA) is 62.3 Å². The molecule has 1 aliphatic carbocycles. The van der Waals surface area contributed by atoms with Crippen LogP contribution in [-0.2, 0) is 10.0 Å². The van der Waals surface area contributed by atoms with E-state index in [4.69, 9.17) is 11.6 Å². The van der Waals surface area contributed by atoms with E-state index in [0.29, 0.717) is 24.2 Å². The van der Waals surface area contributed by atoms with Gasteiger partial charge in [0, 0.05) is 30.4 Å². The number of pyridine rings is 1. The Morgan fingerprint density at radius 3 is 2.60 bits per heavy atom. The van der Waals surface area contributed by atoms with Gasteiger partial charge in [-0.1, -0.05) is 31.5 Å². The van der Waals surface area contributed by atoms with Crippen molar-refractivity contribution in [3.8, 4) is 0 Å². The van der Waals surface area contributed by atoms with E-state index < -0.39 is 10.0 Å². The van der Waals surface area contributed by atoms with Crippen LogP contribution in [0, 0.1) is 0 Å². The predicted octanol–water partition coefficient (Wildman–Crippen LogP) is 3.28. The molecular formula is C18H22ClN3O2S. The molecule has 1 aromatic carbocycles. The zero-order chi connectivity index (χ0) is 17.8. The van der Waals surface area contributed by atoms with Crippen molar-refractivity contribution in [3.63, 3.8) is 0 Å². The zero-order valence-corrected chi connectivity index (χ0v) is 15.9. The maximum Gasteiger partial charge on any atom is 0.214 e. The summed E-state index contributed by atoms with van der Waals surface area (Å²) in [4.78, 5) is 6.44. The average molecular weight is 380 g/mol. The first-order valence-electron chi connectivity index (χ1n) is 8.69. The smallest absolute Gasteiger partial charge is 0.214 e. The summed E-state index contributed by atoms with van der Waals surface area (Å²) in [7, 11) is -3.13. The summed E-state index contributed by atoms with van der Waals surface area (Å²) in [6.45, 7) is 5.69. The molecule has 2 aliphatic rings. The Labute approximate surface area is 153 Å². The number of nitrogens with one attached hydrogen (secondary N) is 1. The molecule has 0 atom stereocenters. The molecular weight excluding hydrogens is 358 g/mol. The van der Waals surface area contributed by atoms with Crippen molar-refractivity contribution >= 4 is 38.1 Å². The van der Waals surface area contributed by atoms with Crippen LogP contribution in [0.25, 0.3) is 10.8 Å². The molecule has 1 saturated carbocycles. The molecule has 5 nitrogen and oxygen atoms in total. The van der Waals surface area contributed by atoms with Crippen LogP contribution in [0.15, 0.2) is 24.4 Å². The maximum atomic E-state index is 12.1. The number of halogens is 1. The van der Waals surface area contributed by atoms with Crippen molar-refractivity contribution < 1.29 is 8.42 Å². The van der Waals surface area contributed by atoms with Crippen molar-refractivity contribution in [2.24, 2.45) is 0 Å². The number of rotatable bonds is 5. The first-order chi connectivity index (χ1) is 11.8. The summed E-state index contributed by atoms with van der Waals surface area (Å²) >= 11 is 6.11. The first-order valence-corrected chi connectivity index (χ1v) is 10.6. The third-order valence-corrected chi connectivity index (χ3v) is 7.23. The predicted molar refractivity (Wildman–Crippen MR) is 102 cm³/mol. The highest BCUT2D eigenvalue weighted by molar-refractivity contribution is 7.90. The Bertz CT molecular complexity index is 919. The molecule has 0 amide bonds. The number of aromatic nitrogens is 1. The van der Waals surface area contributed by atoms with E-state index in [1.54, 1.807) is 0 Å². The van der Waals surface area contributed by atoms with Crippen LogP contribution < -0.4 is 9.62 Å². The second kappa shape index (κ2) is 6.11. The second-order valence-electron chi connectivity index (χ2n) is 7.35. The molecule has 1 aliphatic heterocycles. The van der Waals surface area contributed by atoms with Gasteiger partial charge < -0.3 is 4.90 Å². The number of benzene rings is 1. The van der Waals surface area contributed by atoms with Crippen molar-refractivity contribution in [1.82, 2.24) is 9.71 Å². The van der Waals surface area contributed by atoms with Gasteiger partial charge in [0.05, 0.1) is 11.3 Å². The normalized spacial score (nSPS) is 18.8. The van der Waals surface area contributed by atoms with Gasteiger partial charge in [-0.05, 0) is 41.8 Å². The molecule has 0 spiro atoms. The molecule has 0 radical (unpaired) electrons. The Morgan fingerprint density at radius 2 is 1.96 bits per heavy atom. The Kier molecular flexibility index (Phi) is 4.17. The Balaban J connectivity index is 1.58. The fourth-order valence-corrected chi connectivity index (χ4v) is 5.18. The molecule has 1 aromatic heterocycles. The van der Waals surface area contributed by atoms with Crippen molar-refractivity contribution in [2.45, 2.75) is 43.9 Å². The van der Waals surface area contributed by atoms with Gasteiger partial charge in [-0.15, -0.1) is 0 Å². The zero-order valence-electron chi connectivity index (χ0n) is 14.4. The van der Waals surface area contributed by atoms with Crippen LogP contribution in [0.5, 0.6) is 0 Å². The molecule has 134 valence electrons. The summed E-state index contributed by atoms with van der Waals surface area (Å²) in [5, 5.41) is 2.51. The van der Waals surface area contributed by atoms with Gasteiger partial charge in [-0.3, -0.25) is 0 Å². The maximum absolute atomic E-state index is 12.1. The Hall–Kier alpha value is -1.37. The molecule has 0 bridgehead atoms. The standard InChI is InChI=1S/C18H22ClN3O2S/c1-11(2)14-5-6-17(16-8-20-18(19)7-15(14)16)22-9-12(10-22)21-25(23,24)13-3-4-13/h5-8,11-13,21H,3-4,9-10H2,1-2H3. The summed E-state index contributed by atoms with van der Waals surface area (Å²) in [5.41, 5.74) is 2.33. The second-order valence-corrected chi connectivity index (χ2v) is 9.72. The molecule has 7 heteroatoms. The monoisotopic (exact) mass is 379 g/mol. The number of hydrogen-bond acceptors (Lipinski definition) is 4. The highest BCUT2D eigenvalue weighted by Crippen LogP contribution is 2.36. The summed E-state index contributed by atoms with van der Waals surface area (Å²) in [6, 6.07) is 6.16. The largest absolute Gasteiger partial charge is 0.368 e. The quantitative estimate of drug-likeness (QED) is 0.810. The van der Waals surface area contributed by atoms with E-state index in [-0.39, 0.29) is 11.3 Å². The molecule has 25 heavy (non-hydrogen) atoms. The summed E-state index contributed by atoms with van der Waals surface area (Å²) in [6.07, 6.45) is 3.40. The molecule has 4 rings (SSSR count). The number of hydrogen-bond donors (Lipinski definition) is 1. The number of fused-ring (bicyclic) bond motifs is 1. The van der Waals surface area contributed by atoms with E-state index in [1.165, 1.54) is 5.56 Å². The lowest BCUT2D eigenvalue weighted by Crippen LogP contribution is -2.59. The van der Waals surface area contributed by atoms with Gasteiger partial charge >= 0.3 is 0 Å². The van der Waals surface area contributed by atoms with E-state index >= 15 is 0 Å². The molecule has 1 saturated heterocycles. The van der Waals surface area contributed by atoms with Crippen LogP contribution in [0.3, 0.4) is 0 Å². The lowest BCUT2D eigenvalue weighted by atomic mass is 9.95. The van der Waals surface area contributed by atoms with Crippen LogP contribution in [-0.4, -0.2) is 37.8 Å². The van der Waals surface area contributed by atoms with Crippen molar-refractivity contribution in [2.75, 3.05) is 18.0 Å².